The zero-order chi connectivity index (χ0) is 14.8. The first-order valence-corrected chi connectivity index (χ1v) is 8.40. The van der Waals surface area contributed by atoms with Gasteiger partial charge in [-0.2, -0.15) is 0 Å². The maximum absolute atomic E-state index is 13.9. The molecule has 1 amide bonds. The second kappa shape index (κ2) is 7.75. The van der Waals surface area contributed by atoms with Crippen LogP contribution in [-0.4, -0.2) is 36.5 Å². The van der Waals surface area contributed by atoms with Crippen molar-refractivity contribution < 1.29 is 9.18 Å². The average molecular weight is 392 g/mol. The van der Waals surface area contributed by atoms with Crippen LogP contribution in [-0.2, 0) is 0 Å². The van der Waals surface area contributed by atoms with E-state index in [1.807, 2.05) is 0 Å². The molecule has 0 atom stereocenters. The molecule has 0 spiro atoms. The highest BCUT2D eigenvalue weighted by atomic mass is 79.9. The van der Waals surface area contributed by atoms with Gasteiger partial charge >= 0.3 is 0 Å². The molecule has 1 saturated carbocycles. The molecule has 6 heteroatoms. The third-order valence-electron chi connectivity index (χ3n) is 4.34. The number of hydrogen-bond donors (Lipinski definition) is 1. The predicted molar refractivity (Wildman–Crippen MR) is 91.0 cm³/mol. The summed E-state index contributed by atoms with van der Waals surface area (Å²) in [4.78, 5) is 14.1. The van der Waals surface area contributed by atoms with Gasteiger partial charge in [0, 0.05) is 23.6 Å². The topological polar surface area (TPSA) is 32.3 Å². The van der Waals surface area contributed by atoms with Gasteiger partial charge in [-0.15, -0.1) is 12.4 Å². The number of carbonyl (C=O) groups excluding carboxylic acids is 1. The molecule has 0 unspecified atom stereocenters. The highest BCUT2D eigenvalue weighted by Gasteiger charge is 2.27. The Morgan fingerprint density at radius 3 is 2.55 bits per heavy atom. The number of halogens is 3. The second-order valence-corrected chi connectivity index (χ2v) is 6.96. The molecule has 1 aliphatic heterocycles. The van der Waals surface area contributed by atoms with E-state index in [9.17, 15) is 9.18 Å². The highest BCUT2D eigenvalue weighted by molar-refractivity contribution is 9.10. The largest absolute Gasteiger partial charge is 0.338 e. The molecule has 1 aromatic rings. The van der Waals surface area contributed by atoms with Crippen molar-refractivity contribution in [3.05, 3.63) is 34.1 Å². The number of nitrogens with zero attached hydrogens (tertiary/aromatic N) is 1. The zero-order valence-corrected chi connectivity index (χ0v) is 14.8. The van der Waals surface area contributed by atoms with Crippen molar-refractivity contribution in [2.45, 2.75) is 31.7 Å². The summed E-state index contributed by atoms with van der Waals surface area (Å²) in [6.07, 6.45) is 4.62. The SMILES string of the molecule is Cl.O=C(c1ccc(Br)cc1F)N1CCC(NCC2CC2)CC1. The number of hydrogen-bond acceptors (Lipinski definition) is 2. The number of piperidine rings is 1. The highest BCUT2D eigenvalue weighted by Crippen LogP contribution is 2.28. The van der Waals surface area contributed by atoms with Gasteiger partial charge in [0.1, 0.15) is 5.82 Å². The number of rotatable bonds is 4. The molecule has 1 aliphatic carbocycles. The molecule has 0 radical (unpaired) electrons. The molecular weight excluding hydrogens is 371 g/mol. The van der Waals surface area contributed by atoms with Gasteiger partial charge in [0.25, 0.3) is 5.91 Å². The second-order valence-electron chi connectivity index (χ2n) is 6.04. The minimum atomic E-state index is -0.455. The van der Waals surface area contributed by atoms with Crippen LogP contribution in [0.15, 0.2) is 22.7 Å². The third kappa shape index (κ3) is 4.43. The Hall–Kier alpha value is -0.650. The standard InChI is InChI=1S/C16H20BrFN2O.ClH/c17-12-3-4-14(15(18)9-12)16(21)20-7-5-13(6-8-20)19-10-11-1-2-11;/h3-4,9,11,13,19H,1-2,5-8,10H2;1H. The molecule has 2 aliphatic rings. The van der Waals surface area contributed by atoms with Crippen molar-refractivity contribution in [3.8, 4) is 0 Å². The Kier molecular flexibility index (Phi) is 6.24. The summed E-state index contributed by atoms with van der Waals surface area (Å²) in [7, 11) is 0. The van der Waals surface area contributed by atoms with Crippen LogP contribution in [0.1, 0.15) is 36.0 Å². The van der Waals surface area contributed by atoms with Gasteiger partial charge in [0.15, 0.2) is 0 Å². The molecule has 1 aromatic carbocycles. The van der Waals surface area contributed by atoms with E-state index in [0.717, 1.165) is 25.3 Å². The van der Waals surface area contributed by atoms with Gasteiger partial charge in [0.2, 0.25) is 0 Å². The van der Waals surface area contributed by atoms with Crippen LogP contribution >= 0.6 is 28.3 Å². The van der Waals surface area contributed by atoms with Crippen LogP contribution in [0.5, 0.6) is 0 Å². The van der Waals surface area contributed by atoms with Gasteiger partial charge in [-0.3, -0.25) is 4.79 Å². The predicted octanol–water partition coefficient (Wildman–Crippen LogP) is 3.61. The van der Waals surface area contributed by atoms with Crippen LogP contribution in [0.25, 0.3) is 0 Å². The number of amides is 1. The van der Waals surface area contributed by atoms with E-state index in [1.165, 1.54) is 18.9 Å². The number of benzene rings is 1. The van der Waals surface area contributed by atoms with Crippen LogP contribution < -0.4 is 5.32 Å². The Morgan fingerprint density at radius 2 is 1.95 bits per heavy atom. The summed E-state index contributed by atoms with van der Waals surface area (Å²) in [5.41, 5.74) is 0.169. The number of carbonyl (C=O) groups is 1. The normalized spacial score (nSPS) is 18.9. The fourth-order valence-corrected chi connectivity index (χ4v) is 3.11. The van der Waals surface area contributed by atoms with Crippen molar-refractivity contribution in [1.29, 1.82) is 0 Å². The summed E-state index contributed by atoms with van der Waals surface area (Å²) in [5.74, 6) is 0.227. The number of nitrogens with one attached hydrogen (secondary N) is 1. The molecule has 2 fully saturated rings. The molecule has 0 bridgehead atoms. The molecule has 3 rings (SSSR count). The van der Waals surface area contributed by atoms with Gasteiger partial charge in [-0.1, -0.05) is 15.9 Å². The minimum Gasteiger partial charge on any atom is -0.338 e. The summed E-state index contributed by atoms with van der Waals surface area (Å²) >= 11 is 3.21. The monoisotopic (exact) mass is 390 g/mol. The van der Waals surface area contributed by atoms with E-state index in [2.05, 4.69) is 21.2 Å². The molecule has 122 valence electrons. The number of likely N-dealkylation sites (tertiary alicyclic amines) is 1. The summed E-state index contributed by atoms with van der Waals surface area (Å²) in [5, 5.41) is 3.58. The Labute approximate surface area is 145 Å². The van der Waals surface area contributed by atoms with Gasteiger partial charge in [-0.25, -0.2) is 4.39 Å². The lowest BCUT2D eigenvalue weighted by atomic mass is 10.0. The summed E-state index contributed by atoms with van der Waals surface area (Å²) in [6, 6.07) is 5.11. The molecule has 0 aromatic heterocycles. The van der Waals surface area contributed by atoms with Crippen molar-refractivity contribution in [1.82, 2.24) is 10.2 Å². The van der Waals surface area contributed by atoms with Crippen molar-refractivity contribution in [2.75, 3.05) is 19.6 Å². The van der Waals surface area contributed by atoms with E-state index in [0.29, 0.717) is 23.6 Å². The van der Waals surface area contributed by atoms with E-state index in [1.54, 1.807) is 17.0 Å². The quantitative estimate of drug-likeness (QED) is 0.850. The van der Waals surface area contributed by atoms with Gasteiger partial charge in [-0.05, 0) is 56.3 Å². The average Bonchev–Trinajstić information content (AvgIpc) is 3.29. The Balaban J connectivity index is 0.00000176. The van der Waals surface area contributed by atoms with Crippen molar-refractivity contribution in [2.24, 2.45) is 5.92 Å². The van der Waals surface area contributed by atoms with Gasteiger partial charge < -0.3 is 10.2 Å². The summed E-state index contributed by atoms with van der Waals surface area (Å²) in [6.45, 7) is 2.52. The lowest BCUT2D eigenvalue weighted by Crippen LogP contribution is -2.45. The van der Waals surface area contributed by atoms with Crippen molar-refractivity contribution >= 4 is 34.2 Å². The van der Waals surface area contributed by atoms with Crippen LogP contribution in [0.3, 0.4) is 0 Å². The fraction of sp³-hybridized carbons (Fsp3) is 0.562. The fourth-order valence-electron chi connectivity index (χ4n) is 2.78. The van der Waals surface area contributed by atoms with E-state index in [4.69, 9.17) is 0 Å². The third-order valence-corrected chi connectivity index (χ3v) is 4.83. The maximum atomic E-state index is 13.9. The first-order valence-electron chi connectivity index (χ1n) is 7.61. The Bertz CT molecular complexity index is 531. The van der Waals surface area contributed by atoms with Crippen LogP contribution in [0.2, 0.25) is 0 Å². The summed E-state index contributed by atoms with van der Waals surface area (Å²) < 4.78 is 14.5. The lowest BCUT2D eigenvalue weighted by Gasteiger charge is -2.32. The first kappa shape index (κ1) is 17.7. The molecule has 3 nitrogen and oxygen atoms in total. The molecule has 22 heavy (non-hydrogen) atoms. The maximum Gasteiger partial charge on any atom is 0.256 e. The van der Waals surface area contributed by atoms with Crippen LogP contribution in [0.4, 0.5) is 4.39 Å². The first-order chi connectivity index (χ1) is 10.1. The molecule has 1 N–H and O–H groups in total. The van der Waals surface area contributed by atoms with Gasteiger partial charge in [0.05, 0.1) is 5.56 Å². The molecular formula is C16H21BrClFN2O. The minimum absolute atomic E-state index is 0. The van der Waals surface area contributed by atoms with Crippen LogP contribution in [0, 0.1) is 11.7 Å². The molecule has 1 saturated heterocycles. The Morgan fingerprint density at radius 1 is 1.27 bits per heavy atom. The van der Waals surface area contributed by atoms with E-state index >= 15 is 0 Å². The zero-order valence-electron chi connectivity index (χ0n) is 12.4. The lowest BCUT2D eigenvalue weighted by molar-refractivity contribution is 0.0700. The molecule has 1 heterocycles. The smallest absolute Gasteiger partial charge is 0.256 e. The van der Waals surface area contributed by atoms with E-state index < -0.39 is 5.82 Å². The van der Waals surface area contributed by atoms with Crippen molar-refractivity contribution in [3.63, 3.8) is 0 Å². The van der Waals surface area contributed by atoms with E-state index in [-0.39, 0.29) is 23.9 Å².